The fraction of sp³-hybridized carbons (Fsp3) is 0.519. The minimum atomic E-state index is -1.10. The Morgan fingerprint density at radius 1 is 1.14 bits per heavy atom. The first-order chi connectivity index (χ1) is 16.9. The van der Waals surface area contributed by atoms with Gasteiger partial charge in [-0.15, -0.1) is 0 Å². The summed E-state index contributed by atoms with van der Waals surface area (Å²) in [5, 5.41) is 24.2. The van der Waals surface area contributed by atoms with Gasteiger partial charge in [-0.1, -0.05) is 38.2 Å². The van der Waals surface area contributed by atoms with Crippen LogP contribution in [0.2, 0.25) is 0 Å². The Labute approximate surface area is 212 Å². The molecule has 0 saturated heterocycles. The summed E-state index contributed by atoms with van der Waals surface area (Å²) < 4.78 is 10.8. The SMILES string of the molecule is CO[C@H]1/C=C\C=C(/C)C(=O)NC2=CC(=O)C=C(C[C@@H](C)CC[C@H](O)[C@@H](C)/C=C(\C)[C@@H]1OC(N)=O)C2O. The highest BCUT2D eigenvalue weighted by Crippen LogP contribution is 2.27. The predicted molar refractivity (Wildman–Crippen MR) is 135 cm³/mol. The molecule has 1 heterocycles. The maximum atomic E-state index is 12.7. The fourth-order valence-corrected chi connectivity index (χ4v) is 4.32. The van der Waals surface area contributed by atoms with E-state index in [1.165, 1.54) is 19.3 Å². The number of allylic oxidation sites excluding steroid dienone is 4. The van der Waals surface area contributed by atoms with Gasteiger partial charge in [0.15, 0.2) is 11.9 Å². The van der Waals surface area contributed by atoms with Crippen LogP contribution in [0.4, 0.5) is 4.79 Å². The van der Waals surface area contributed by atoms with Gasteiger partial charge in [-0.05, 0) is 56.3 Å². The molecule has 2 aliphatic rings. The number of nitrogens with two attached hydrogens (primary N) is 1. The maximum Gasteiger partial charge on any atom is 0.405 e. The number of rotatable bonds is 2. The molecule has 2 rings (SSSR count). The first-order valence-corrected chi connectivity index (χ1v) is 12.1. The molecular formula is C27H38N2O7. The van der Waals surface area contributed by atoms with Gasteiger partial charge in [0, 0.05) is 24.7 Å². The second-order valence-corrected chi connectivity index (χ2v) is 9.59. The molecule has 6 atom stereocenters. The average molecular weight is 503 g/mol. The molecule has 198 valence electrons. The highest BCUT2D eigenvalue weighted by atomic mass is 16.6. The highest BCUT2D eigenvalue weighted by molar-refractivity contribution is 6.03. The quantitative estimate of drug-likeness (QED) is 0.424. The number of ketones is 1. The number of methoxy groups -OCH3 is 1. The number of amides is 2. The van der Waals surface area contributed by atoms with Gasteiger partial charge in [0.1, 0.15) is 12.2 Å². The normalized spacial score (nSPS) is 34.8. The lowest BCUT2D eigenvalue weighted by Crippen LogP contribution is -2.35. The summed E-state index contributed by atoms with van der Waals surface area (Å²) in [6, 6.07) is 0. The van der Waals surface area contributed by atoms with Crippen LogP contribution in [0.3, 0.4) is 0 Å². The zero-order valence-corrected chi connectivity index (χ0v) is 21.6. The van der Waals surface area contributed by atoms with Crippen LogP contribution in [0.25, 0.3) is 0 Å². The summed E-state index contributed by atoms with van der Waals surface area (Å²) in [6.45, 7) is 7.21. The van der Waals surface area contributed by atoms with Gasteiger partial charge in [0.05, 0.1) is 11.8 Å². The summed E-state index contributed by atoms with van der Waals surface area (Å²) in [6.07, 6.45) is 6.51. The lowest BCUT2D eigenvalue weighted by Gasteiger charge is -2.26. The Morgan fingerprint density at radius 3 is 2.47 bits per heavy atom. The number of ether oxygens (including phenoxy) is 2. The number of carbonyl (C=O) groups excluding carboxylic acids is 3. The van der Waals surface area contributed by atoms with Crippen molar-refractivity contribution in [2.24, 2.45) is 17.6 Å². The van der Waals surface area contributed by atoms with Crippen molar-refractivity contribution in [3.63, 3.8) is 0 Å². The number of primary amides is 1. The third kappa shape index (κ3) is 8.29. The van der Waals surface area contributed by atoms with E-state index in [0.717, 1.165) is 0 Å². The van der Waals surface area contributed by atoms with Gasteiger partial charge < -0.3 is 30.7 Å². The third-order valence-corrected chi connectivity index (χ3v) is 6.47. The molecule has 9 heteroatoms. The maximum absolute atomic E-state index is 12.7. The van der Waals surface area contributed by atoms with E-state index < -0.39 is 36.4 Å². The molecule has 0 radical (unpaired) electrons. The molecule has 0 fully saturated rings. The molecule has 0 saturated carbocycles. The van der Waals surface area contributed by atoms with Gasteiger partial charge >= 0.3 is 6.09 Å². The summed E-state index contributed by atoms with van der Waals surface area (Å²) in [4.78, 5) is 36.5. The Bertz CT molecular complexity index is 992. The van der Waals surface area contributed by atoms with Crippen molar-refractivity contribution >= 4 is 17.8 Å². The van der Waals surface area contributed by atoms with Crippen molar-refractivity contribution < 1.29 is 34.1 Å². The van der Waals surface area contributed by atoms with E-state index >= 15 is 0 Å². The number of hydrogen-bond donors (Lipinski definition) is 4. The first kappa shape index (κ1) is 29.2. The first-order valence-electron chi connectivity index (χ1n) is 12.1. The van der Waals surface area contributed by atoms with Gasteiger partial charge in [-0.2, -0.15) is 0 Å². The summed E-state index contributed by atoms with van der Waals surface area (Å²) in [5.74, 6) is -0.962. The van der Waals surface area contributed by atoms with Crippen LogP contribution >= 0.6 is 0 Å². The fourth-order valence-electron chi connectivity index (χ4n) is 4.32. The van der Waals surface area contributed by atoms with Crippen molar-refractivity contribution in [1.82, 2.24) is 5.32 Å². The Balaban J connectivity index is 2.44. The second-order valence-electron chi connectivity index (χ2n) is 9.59. The number of aliphatic hydroxyl groups excluding tert-OH is 2. The minimum absolute atomic E-state index is 0.0670. The van der Waals surface area contributed by atoms with Crippen LogP contribution in [0, 0.1) is 11.8 Å². The van der Waals surface area contributed by atoms with Crippen molar-refractivity contribution in [3.8, 4) is 0 Å². The highest BCUT2D eigenvalue weighted by Gasteiger charge is 2.28. The lowest BCUT2D eigenvalue weighted by molar-refractivity contribution is -0.117. The molecule has 1 aliphatic heterocycles. The van der Waals surface area contributed by atoms with Crippen LogP contribution in [-0.4, -0.2) is 59.5 Å². The molecule has 36 heavy (non-hydrogen) atoms. The molecule has 9 nitrogen and oxygen atoms in total. The molecule has 0 aromatic carbocycles. The summed E-state index contributed by atoms with van der Waals surface area (Å²) in [7, 11) is 1.46. The average Bonchev–Trinajstić information content (AvgIpc) is 2.80. The van der Waals surface area contributed by atoms with Crippen molar-refractivity contribution in [3.05, 3.63) is 58.9 Å². The van der Waals surface area contributed by atoms with E-state index in [-0.39, 0.29) is 23.3 Å². The molecule has 2 bridgehead atoms. The molecule has 0 aromatic rings. The molecule has 0 aromatic heterocycles. The molecule has 0 spiro atoms. The summed E-state index contributed by atoms with van der Waals surface area (Å²) >= 11 is 0. The molecule has 2 amide bonds. The summed E-state index contributed by atoms with van der Waals surface area (Å²) in [5.41, 5.74) is 6.93. The predicted octanol–water partition coefficient (Wildman–Crippen LogP) is 2.60. The van der Waals surface area contributed by atoms with E-state index in [4.69, 9.17) is 15.2 Å². The largest absolute Gasteiger partial charge is 0.439 e. The van der Waals surface area contributed by atoms with Gasteiger partial charge in [0.25, 0.3) is 5.91 Å². The van der Waals surface area contributed by atoms with Crippen molar-refractivity contribution in [2.75, 3.05) is 7.11 Å². The van der Waals surface area contributed by atoms with E-state index in [2.05, 4.69) is 5.32 Å². The Morgan fingerprint density at radius 2 is 1.83 bits per heavy atom. The van der Waals surface area contributed by atoms with Crippen LogP contribution < -0.4 is 11.1 Å². The minimum Gasteiger partial charge on any atom is -0.439 e. The van der Waals surface area contributed by atoms with Gasteiger partial charge in [0.2, 0.25) is 0 Å². The number of hydrogen-bond acceptors (Lipinski definition) is 7. The lowest BCUT2D eigenvalue weighted by atomic mass is 9.87. The van der Waals surface area contributed by atoms with Crippen LogP contribution in [0.1, 0.15) is 47.0 Å². The topological polar surface area (TPSA) is 148 Å². The molecular weight excluding hydrogens is 464 g/mol. The number of carbonyl (C=O) groups is 3. The third-order valence-electron chi connectivity index (χ3n) is 6.47. The number of fused-ring (bicyclic) bond motifs is 2. The van der Waals surface area contributed by atoms with E-state index in [1.54, 1.807) is 32.1 Å². The van der Waals surface area contributed by atoms with E-state index in [9.17, 15) is 24.6 Å². The van der Waals surface area contributed by atoms with Crippen molar-refractivity contribution in [1.29, 1.82) is 0 Å². The van der Waals surface area contributed by atoms with Crippen LogP contribution in [0.15, 0.2) is 58.9 Å². The number of nitrogens with one attached hydrogen (secondary N) is 1. The molecule has 5 N–H and O–H groups in total. The monoisotopic (exact) mass is 502 g/mol. The second kappa shape index (κ2) is 13.3. The Kier molecular flexibility index (Phi) is 10.8. The molecule has 1 aliphatic carbocycles. The van der Waals surface area contributed by atoms with Gasteiger partial charge in [-0.3, -0.25) is 9.59 Å². The number of aliphatic hydroxyl groups is 2. The Hall–Kier alpha value is -3.01. The van der Waals surface area contributed by atoms with Crippen molar-refractivity contribution in [2.45, 2.75) is 71.4 Å². The zero-order valence-electron chi connectivity index (χ0n) is 21.6. The standard InChI is InChI=1S/C27H38N2O7/c1-15-9-10-22(31)17(3)12-18(4)25(36-27(28)34)23(35-5)8-6-7-16(2)26(33)29-21-14-20(30)13-19(11-15)24(21)32/h6-8,12-15,17,22-25,31-32H,9-11H2,1-5H3,(H2,28,34)(H,29,33)/b8-6-,16-7+,18-12+/t15-,17-,22-,23-,24?,25-/m0/s1. The zero-order chi connectivity index (χ0) is 27.0. The van der Waals surface area contributed by atoms with Crippen LogP contribution in [0.5, 0.6) is 0 Å². The molecule has 1 unspecified atom stereocenters. The van der Waals surface area contributed by atoms with E-state index in [1.807, 2.05) is 19.9 Å². The van der Waals surface area contributed by atoms with Crippen LogP contribution in [-0.2, 0) is 19.1 Å². The van der Waals surface area contributed by atoms with E-state index in [0.29, 0.717) is 36.0 Å². The van der Waals surface area contributed by atoms with Gasteiger partial charge in [-0.25, -0.2) is 4.79 Å². The smallest absolute Gasteiger partial charge is 0.405 e.